The Balaban J connectivity index is 0.000000677. The molecule has 1 fully saturated rings. The Morgan fingerprint density at radius 3 is 2.43 bits per heavy atom. The van der Waals surface area contributed by atoms with Crippen molar-refractivity contribution >= 4 is 6.47 Å². The van der Waals surface area contributed by atoms with Gasteiger partial charge in [0, 0.05) is 18.0 Å². The lowest BCUT2D eigenvalue weighted by atomic mass is 9.72. The lowest BCUT2D eigenvalue weighted by molar-refractivity contribution is -0.122. The van der Waals surface area contributed by atoms with Gasteiger partial charge in [-0.1, -0.05) is 37.5 Å². The fraction of sp³-hybridized carbons (Fsp3) is 0.562. The summed E-state index contributed by atoms with van der Waals surface area (Å²) in [6.45, 7) is 0.205. The van der Waals surface area contributed by atoms with Crippen LogP contribution < -0.4 is 10.5 Å². The zero-order valence-corrected chi connectivity index (χ0v) is 12.5. The maximum Gasteiger partial charge on any atom is 0.290 e. The number of ether oxygens (including phenoxy) is 1. The van der Waals surface area contributed by atoms with Gasteiger partial charge >= 0.3 is 0 Å². The van der Waals surface area contributed by atoms with E-state index < -0.39 is 5.60 Å². The highest BCUT2D eigenvalue weighted by Crippen LogP contribution is 2.41. The molecule has 5 nitrogen and oxygen atoms in total. The largest absolute Gasteiger partial charge is 0.496 e. The van der Waals surface area contributed by atoms with E-state index in [1.54, 1.807) is 7.11 Å². The van der Waals surface area contributed by atoms with Crippen LogP contribution in [0.3, 0.4) is 0 Å². The van der Waals surface area contributed by atoms with Crippen LogP contribution in [0.1, 0.15) is 43.6 Å². The minimum absolute atomic E-state index is 0.0334. The molecule has 1 aromatic rings. The molecule has 0 amide bonds. The number of carbonyl (C=O) groups is 1. The molecule has 2 rings (SSSR count). The average molecular weight is 295 g/mol. The average Bonchev–Trinajstić information content (AvgIpc) is 2.50. The zero-order valence-electron chi connectivity index (χ0n) is 12.5. The van der Waals surface area contributed by atoms with E-state index in [2.05, 4.69) is 0 Å². The van der Waals surface area contributed by atoms with Gasteiger partial charge < -0.3 is 20.7 Å². The Labute approximate surface area is 125 Å². The van der Waals surface area contributed by atoms with E-state index in [-0.39, 0.29) is 12.4 Å². The van der Waals surface area contributed by atoms with E-state index in [1.165, 1.54) is 6.42 Å². The summed E-state index contributed by atoms with van der Waals surface area (Å²) < 4.78 is 5.40. The Kier molecular flexibility index (Phi) is 7.19. The van der Waals surface area contributed by atoms with Crippen molar-refractivity contribution in [2.24, 2.45) is 5.73 Å². The van der Waals surface area contributed by atoms with Crippen LogP contribution in [0.2, 0.25) is 0 Å². The maximum absolute atomic E-state index is 10.9. The first-order valence-corrected chi connectivity index (χ1v) is 7.26. The number of benzene rings is 1. The van der Waals surface area contributed by atoms with Gasteiger partial charge in [0.15, 0.2) is 0 Å². The first-order valence-electron chi connectivity index (χ1n) is 7.26. The number of hydrogen-bond donors (Lipinski definition) is 3. The van der Waals surface area contributed by atoms with Gasteiger partial charge in [-0.15, -0.1) is 0 Å². The van der Waals surface area contributed by atoms with E-state index in [0.717, 1.165) is 37.0 Å². The predicted molar refractivity (Wildman–Crippen MR) is 81.5 cm³/mol. The molecule has 118 valence electrons. The molecule has 0 aromatic heterocycles. The molecule has 0 spiro atoms. The molecule has 1 aliphatic carbocycles. The third kappa shape index (κ3) is 4.44. The smallest absolute Gasteiger partial charge is 0.290 e. The van der Waals surface area contributed by atoms with Crippen molar-refractivity contribution in [2.75, 3.05) is 13.7 Å². The van der Waals surface area contributed by atoms with Crippen LogP contribution in [0.5, 0.6) is 5.75 Å². The van der Waals surface area contributed by atoms with E-state index in [1.807, 2.05) is 24.3 Å². The molecule has 1 saturated carbocycles. The lowest BCUT2D eigenvalue weighted by Crippen LogP contribution is -2.42. The summed E-state index contributed by atoms with van der Waals surface area (Å²) in [4.78, 5) is 8.36. The van der Waals surface area contributed by atoms with Gasteiger partial charge in [-0.3, -0.25) is 4.79 Å². The highest BCUT2D eigenvalue weighted by molar-refractivity contribution is 5.38. The summed E-state index contributed by atoms with van der Waals surface area (Å²) in [5.74, 6) is 0.792. The molecule has 1 unspecified atom stereocenters. The number of methoxy groups -OCH3 is 1. The van der Waals surface area contributed by atoms with Crippen LogP contribution in [0.4, 0.5) is 0 Å². The summed E-state index contributed by atoms with van der Waals surface area (Å²) in [6, 6.07) is 7.88. The minimum Gasteiger partial charge on any atom is -0.496 e. The highest BCUT2D eigenvalue weighted by atomic mass is 16.5. The number of carboxylic acid groups (broad SMARTS) is 1. The van der Waals surface area contributed by atoms with Gasteiger partial charge in [0.1, 0.15) is 5.75 Å². The molecular weight excluding hydrogens is 270 g/mol. The van der Waals surface area contributed by atoms with Crippen LogP contribution in [-0.2, 0) is 4.79 Å². The van der Waals surface area contributed by atoms with E-state index >= 15 is 0 Å². The predicted octanol–water partition coefficient (Wildman–Crippen LogP) is 2.13. The Bertz CT molecular complexity index is 430. The number of aliphatic hydroxyl groups is 1. The molecule has 4 N–H and O–H groups in total. The molecule has 0 radical (unpaired) electrons. The number of nitrogens with two attached hydrogens (primary N) is 1. The summed E-state index contributed by atoms with van der Waals surface area (Å²) in [7, 11) is 1.66. The highest BCUT2D eigenvalue weighted by Gasteiger charge is 2.38. The van der Waals surface area contributed by atoms with Crippen molar-refractivity contribution in [1.29, 1.82) is 0 Å². The normalized spacial score (nSPS) is 18.0. The van der Waals surface area contributed by atoms with E-state index in [0.29, 0.717) is 6.54 Å². The molecule has 0 aliphatic heterocycles. The molecule has 0 heterocycles. The summed E-state index contributed by atoms with van der Waals surface area (Å²) in [5.41, 5.74) is 6.30. The van der Waals surface area contributed by atoms with Crippen molar-refractivity contribution in [3.05, 3.63) is 29.8 Å². The van der Waals surface area contributed by atoms with Crippen LogP contribution >= 0.6 is 0 Å². The first kappa shape index (κ1) is 17.5. The van der Waals surface area contributed by atoms with Crippen molar-refractivity contribution in [1.82, 2.24) is 0 Å². The minimum atomic E-state index is -0.665. The Hall–Kier alpha value is -1.59. The third-order valence-corrected chi connectivity index (χ3v) is 4.12. The topological polar surface area (TPSA) is 92.8 Å². The van der Waals surface area contributed by atoms with Crippen LogP contribution in [0, 0.1) is 0 Å². The van der Waals surface area contributed by atoms with Crippen molar-refractivity contribution in [3.63, 3.8) is 0 Å². The second-order valence-electron chi connectivity index (χ2n) is 5.30. The van der Waals surface area contributed by atoms with Gasteiger partial charge in [0.2, 0.25) is 0 Å². The van der Waals surface area contributed by atoms with E-state index in [9.17, 15) is 5.11 Å². The zero-order chi connectivity index (χ0) is 15.7. The summed E-state index contributed by atoms with van der Waals surface area (Å²) >= 11 is 0. The fourth-order valence-electron chi connectivity index (χ4n) is 3.10. The summed E-state index contributed by atoms with van der Waals surface area (Å²) in [6.07, 6.45) is 5.07. The molecule has 21 heavy (non-hydrogen) atoms. The monoisotopic (exact) mass is 295 g/mol. The molecule has 1 aromatic carbocycles. The second kappa shape index (κ2) is 8.64. The van der Waals surface area contributed by atoms with Crippen molar-refractivity contribution in [3.8, 4) is 5.75 Å². The van der Waals surface area contributed by atoms with Crippen LogP contribution in [0.25, 0.3) is 0 Å². The van der Waals surface area contributed by atoms with Crippen LogP contribution in [-0.4, -0.2) is 35.9 Å². The van der Waals surface area contributed by atoms with E-state index in [4.69, 9.17) is 20.4 Å². The molecular formula is C16H25NO4. The van der Waals surface area contributed by atoms with Gasteiger partial charge in [-0.25, -0.2) is 0 Å². The quantitative estimate of drug-likeness (QED) is 0.740. The fourth-order valence-corrected chi connectivity index (χ4v) is 3.10. The SMILES string of the molecule is COc1ccccc1C(CN)C1(O)CCCCC1.O=CO. The van der Waals surface area contributed by atoms with Crippen molar-refractivity contribution < 1.29 is 19.7 Å². The van der Waals surface area contributed by atoms with Gasteiger partial charge in [-0.05, 0) is 18.9 Å². The van der Waals surface area contributed by atoms with Gasteiger partial charge in [0.05, 0.1) is 12.7 Å². The van der Waals surface area contributed by atoms with Crippen LogP contribution in [0.15, 0.2) is 24.3 Å². The van der Waals surface area contributed by atoms with Gasteiger partial charge in [-0.2, -0.15) is 0 Å². The molecule has 0 bridgehead atoms. The summed E-state index contributed by atoms with van der Waals surface area (Å²) in [5, 5.41) is 17.8. The number of para-hydroxylation sites is 1. The molecule has 1 atom stereocenters. The number of hydrogen-bond acceptors (Lipinski definition) is 4. The second-order valence-corrected chi connectivity index (χ2v) is 5.30. The Morgan fingerprint density at radius 2 is 1.90 bits per heavy atom. The molecule has 1 aliphatic rings. The van der Waals surface area contributed by atoms with Gasteiger partial charge in [0.25, 0.3) is 6.47 Å². The third-order valence-electron chi connectivity index (χ3n) is 4.12. The number of rotatable bonds is 4. The molecule has 5 heteroatoms. The Morgan fingerprint density at radius 1 is 1.33 bits per heavy atom. The maximum atomic E-state index is 10.9. The molecule has 0 saturated heterocycles. The first-order chi connectivity index (χ1) is 10.1. The lowest BCUT2D eigenvalue weighted by Gasteiger charge is -2.39. The standard InChI is InChI=1S/C15H23NO2.CH2O2/c1-18-14-8-4-3-7-12(14)13(11-16)15(17)9-5-2-6-10-15;2-1-3/h3-4,7-8,13,17H,2,5-6,9-11,16H2,1H3;1H,(H,2,3). The van der Waals surface area contributed by atoms with Crippen molar-refractivity contribution in [2.45, 2.75) is 43.6 Å².